The first-order chi connectivity index (χ1) is 34.9. The number of rotatable bonds is 12. The second-order valence-electron chi connectivity index (χ2n) is 24.8. The lowest BCUT2D eigenvalue weighted by Crippen LogP contribution is -2.67. The average molecular weight is 1050 g/mol. The lowest BCUT2D eigenvalue weighted by molar-refractivity contribution is -0.375. The van der Waals surface area contributed by atoms with Crippen molar-refractivity contribution in [2.75, 3.05) is 26.4 Å². The van der Waals surface area contributed by atoms with Crippen LogP contribution in [0.1, 0.15) is 105 Å². The Labute approximate surface area is 432 Å². The lowest BCUT2D eigenvalue weighted by Gasteiger charge is -2.70. The molecule has 9 fully saturated rings. The molecule has 19 heteroatoms. The molecule has 4 aliphatic carbocycles. The maximum Gasteiger partial charge on any atom is 0.331 e. The van der Waals surface area contributed by atoms with Gasteiger partial charge in [0.25, 0.3) is 0 Å². The number of ether oxygens (including phenoxy) is 9. The highest BCUT2D eigenvalue weighted by Gasteiger charge is 2.81. The standard InChI is InChI=1S/C55H80O19/c1-27(2)20-30-21-53(7,65)46-31-13-14-36-51(5)18-17-37(50(3,4)35(51)16-19-52(36,6)54(31)25-55(46,74-30)67-26-54)70-49-45(73-47-41(63)39(61)33(22-56)68-47)43(32(59)24-66-49)72-48-42(64)44(40(62)34(23-57)69-48)71-38(60)15-10-28-8-11-29(58)12-9-28/h8-12,15,20,30-37,39-49,56-59,61-65H,13-14,16-19,21-26H2,1-7H3. The molecule has 1 aromatic carbocycles. The Morgan fingerprint density at radius 3 is 2.12 bits per heavy atom. The minimum absolute atomic E-state index is 0.0275. The molecule has 74 heavy (non-hydrogen) atoms. The van der Waals surface area contributed by atoms with Gasteiger partial charge in [-0.05, 0) is 117 Å². The van der Waals surface area contributed by atoms with Gasteiger partial charge in [-0.2, -0.15) is 0 Å². The van der Waals surface area contributed by atoms with Crippen LogP contribution < -0.4 is 0 Å². The molecule has 2 bridgehead atoms. The number of benzene rings is 1. The van der Waals surface area contributed by atoms with Gasteiger partial charge < -0.3 is 88.6 Å². The first kappa shape index (κ1) is 54.7. The molecule has 10 rings (SSSR count). The van der Waals surface area contributed by atoms with Crippen molar-refractivity contribution in [2.45, 2.75) is 203 Å². The van der Waals surface area contributed by atoms with Crippen LogP contribution in [-0.2, 0) is 47.4 Å². The number of hydrogen-bond donors (Lipinski definition) is 9. The van der Waals surface area contributed by atoms with Crippen molar-refractivity contribution < 1.29 is 93.4 Å². The zero-order chi connectivity index (χ0) is 53.1. The van der Waals surface area contributed by atoms with Crippen LogP contribution in [0.5, 0.6) is 5.75 Å². The molecule has 24 unspecified atom stereocenters. The van der Waals surface area contributed by atoms with Gasteiger partial charge in [0.15, 0.2) is 30.8 Å². The molecular formula is C55H80O19. The van der Waals surface area contributed by atoms with E-state index in [0.717, 1.165) is 50.2 Å². The minimum atomic E-state index is -1.89. The average Bonchev–Trinajstić information content (AvgIpc) is 3.96. The highest BCUT2D eigenvalue weighted by Crippen LogP contribution is 2.80. The SMILES string of the molecule is CC(C)=CC1CC(C)(O)C2C3CCC4C5(C)CCC(OC6OCC(O)C(OC7OC(CO)C(O)C(OC(=O)C=Cc8ccc(O)cc8)C7O)C6OC6OC(CO)C(O)C6O)C(C)(C)C5CCC4(C)C34COC2(C4)O1. The van der Waals surface area contributed by atoms with E-state index in [1.807, 2.05) is 6.92 Å². The predicted molar refractivity (Wildman–Crippen MR) is 260 cm³/mol. The molecule has 414 valence electrons. The van der Waals surface area contributed by atoms with Gasteiger partial charge >= 0.3 is 5.97 Å². The van der Waals surface area contributed by atoms with E-state index in [2.05, 4.69) is 47.6 Å². The second kappa shape index (κ2) is 19.9. The normalized spacial score (nSPS) is 50.4. The van der Waals surface area contributed by atoms with Gasteiger partial charge in [-0.3, -0.25) is 0 Å². The number of phenolic OH excluding ortho intramolecular Hbond substituents is 1. The number of allylic oxidation sites excluding steroid dienone is 1. The monoisotopic (exact) mass is 1040 g/mol. The quantitative estimate of drug-likeness (QED) is 0.0630. The third kappa shape index (κ3) is 8.94. The first-order valence-corrected chi connectivity index (χ1v) is 26.8. The summed E-state index contributed by atoms with van der Waals surface area (Å²) in [5, 5.41) is 98.5. The molecule has 1 aromatic rings. The van der Waals surface area contributed by atoms with Crippen LogP contribution in [0.2, 0.25) is 0 Å². The van der Waals surface area contributed by atoms with Crippen molar-refractivity contribution in [1.82, 2.24) is 0 Å². The Balaban J connectivity index is 0.889. The molecule has 5 saturated heterocycles. The van der Waals surface area contributed by atoms with E-state index in [4.69, 9.17) is 42.6 Å². The molecule has 4 saturated carbocycles. The van der Waals surface area contributed by atoms with Crippen LogP contribution in [-0.4, -0.2) is 182 Å². The van der Waals surface area contributed by atoms with E-state index in [0.29, 0.717) is 30.9 Å². The van der Waals surface area contributed by atoms with Crippen LogP contribution in [0.3, 0.4) is 0 Å². The molecular weight excluding hydrogens is 965 g/mol. The van der Waals surface area contributed by atoms with Gasteiger partial charge in [0, 0.05) is 30.3 Å². The predicted octanol–water partition coefficient (Wildman–Crippen LogP) is 2.58. The summed E-state index contributed by atoms with van der Waals surface area (Å²) in [6.45, 7) is 14.3. The molecule has 2 spiro atoms. The van der Waals surface area contributed by atoms with E-state index in [1.165, 1.54) is 18.2 Å². The molecule has 19 nitrogen and oxygen atoms in total. The Kier molecular flexibility index (Phi) is 14.7. The molecule has 5 heterocycles. The zero-order valence-electron chi connectivity index (χ0n) is 43.6. The summed E-state index contributed by atoms with van der Waals surface area (Å²) in [5.74, 6) is -1.11. The fourth-order valence-electron chi connectivity index (χ4n) is 16.7. The van der Waals surface area contributed by atoms with Gasteiger partial charge in [-0.1, -0.05) is 51.5 Å². The second-order valence-corrected chi connectivity index (χ2v) is 24.8. The highest BCUT2D eigenvalue weighted by molar-refractivity contribution is 5.87. The van der Waals surface area contributed by atoms with Gasteiger partial charge in [0.1, 0.15) is 60.7 Å². The number of aliphatic hydroxyl groups excluding tert-OH is 7. The van der Waals surface area contributed by atoms with Gasteiger partial charge in [0.2, 0.25) is 0 Å². The molecule has 0 aromatic heterocycles. The van der Waals surface area contributed by atoms with Gasteiger partial charge in [-0.25, -0.2) is 4.79 Å². The van der Waals surface area contributed by atoms with Crippen molar-refractivity contribution in [3.05, 3.63) is 47.6 Å². The lowest BCUT2D eigenvalue weighted by atomic mass is 9.35. The maximum atomic E-state index is 13.1. The summed E-state index contributed by atoms with van der Waals surface area (Å²) in [7, 11) is 0. The summed E-state index contributed by atoms with van der Waals surface area (Å²) in [6.07, 6.45) is -9.73. The third-order valence-electron chi connectivity index (χ3n) is 19.9. The summed E-state index contributed by atoms with van der Waals surface area (Å²) in [6, 6.07) is 5.98. The van der Waals surface area contributed by atoms with Gasteiger partial charge in [-0.15, -0.1) is 0 Å². The van der Waals surface area contributed by atoms with Crippen molar-refractivity contribution >= 4 is 12.0 Å². The minimum Gasteiger partial charge on any atom is -0.508 e. The Bertz CT molecular complexity index is 2250. The fraction of sp³-hybridized carbons (Fsp3) is 0.800. The molecule has 5 aliphatic heterocycles. The maximum absolute atomic E-state index is 13.1. The van der Waals surface area contributed by atoms with Crippen LogP contribution in [0, 0.1) is 45.3 Å². The van der Waals surface area contributed by atoms with E-state index in [-0.39, 0.29) is 52.5 Å². The van der Waals surface area contributed by atoms with Crippen LogP contribution in [0.4, 0.5) is 0 Å². The number of phenols is 1. The Hall–Kier alpha value is -2.67. The number of carbonyl (C=O) groups is 1. The molecule has 0 amide bonds. The summed E-state index contributed by atoms with van der Waals surface area (Å²) < 4.78 is 57.0. The molecule has 0 radical (unpaired) electrons. The molecule has 24 atom stereocenters. The number of carbonyl (C=O) groups excluding carboxylic acids is 1. The number of esters is 1. The third-order valence-corrected chi connectivity index (χ3v) is 19.9. The van der Waals surface area contributed by atoms with Crippen LogP contribution >= 0.6 is 0 Å². The summed E-state index contributed by atoms with van der Waals surface area (Å²) in [5.41, 5.74) is -0.0976. The molecule has 9 N–H and O–H groups in total. The topological polar surface area (TPSA) is 282 Å². The zero-order valence-corrected chi connectivity index (χ0v) is 43.6. The highest BCUT2D eigenvalue weighted by atomic mass is 16.8. The number of hydrogen-bond acceptors (Lipinski definition) is 19. The number of aromatic hydroxyl groups is 1. The van der Waals surface area contributed by atoms with E-state index < -0.39 is 122 Å². The summed E-state index contributed by atoms with van der Waals surface area (Å²) >= 11 is 0. The van der Waals surface area contributed by atoms with Crippen LogP contribution in [0.15, 0.2) is 42.0 Å². The van der Waals surface area contributed by atoms with Crippen LogP contribution in [0.25, 0.3) is 6.08 Å². The first-order valence-electron chi connectivity index (χ1n) is 26.8. The number of aliphatic hydroxyl groups is 8. The van der Waals surface area contributed by atoms with E-state index in [1.54, 1.807) is 12.1 Å². The molecule has 9 aliphatic rings. The summed E-state index contributed by atoms with van der Waals surface area (Å²) in [4.78, 5) is 13.1. The van der Waals surface area contributed by atoms with Crippen molar-refractivity contribution in [3.63, 3.8) is 0 Å². The number of fused-ring (bicyclic) bond motifs is 4. The van der Waals surface area contributed by atoms with Gasteiger partial charge in [0.05, 0.1) is 44.2 Å². The fourth-order valence-corrected chi connectivity index (χ4v) is 16.7. The van der Waals surface area contributed by atoms with Crippen molar-refractivity contribution in [2.24, 2.45) is 45.3 Å². The smallest absolute Gasteiger partial charge is 0.331 e. The largest absolute Gasteiger partial charge is 0.508 e. The van der Waals surface area contributed by atoms with Crippen molar-refractivity contribution in [3.8, 4) is 5.75 Å². The van der Waals surface area contributed by atoms with Crippen molar-refractivity contribution in [1.29, 1.82) is 0 Å². The Morgan fingerprint density at radius 1 is 0.770 bits per heavy atom. The van der Waals surface area contributed by atoms with E-state index in [9.17, 15) is 50.8 Å². The Morgan fingerprint density at radius 2 is 1.45 bits per heavy atom. The van der Waals surface area contributed by atoms with E-state index >= 15 is 0 Å².